The normalized spacial score (nSPS) is 19.3. The van der Waals surface area contributed by atoms with E-state index in [1.807, 2.05) is 36.4 Å². The van der Waals surface area contributed by atoms with Crippen LogP contribution in [0.25, 0.3) is 21.6 Å². The number of hydrogen-bond donors (Lipinski definition) is 3. The number of aromatic nitrogens is 3. The summed E-state index contributed by atoms with van der Waals surface area (Å²) in [7, 11) is 0. The highest BCUT2D eigenvalue weighted by atomic mass is 32.1. The molecule has 1 saturated heterocycles. The minimum atomic E-state index is -4.42. The number of piperidine rings is 1. The second-order valence-electron chi connectivity index (χ2n) is 10.6. The van der Waals surface area contributed by atoms with Crippen molar-refractivity contribution in [3.05, 3.63) is 65.2 Å². The molecule has 3 N–H and O–H groups in total. The second kappa shape index (κ2) is 11.7. The molecule has 12 heteroatoms. The number of carbonyl (C=O) groups excluding carboxylic acids is 1. The van der Waals surface area contributed by atoms with E-state index in [0.717, 1.165) is 47.5 Å². The third-order valence-corrected chi connectivity index (χ3v) is 8.61. The van der Waals surface area contributed by atoms with Crippen molar-refractivity contribution in [1.82, 2.24) is 25.4 Å². The van der Waals surface area contributed by atoms with Gasteiger partial charge in [0.1, 0.15) is 18.2 Å². The summed E-state index contributed by atoms with van der Waals surface area (Å²) in [6.45, 7) is 0.904. The van der Waals surface area contributed by atoms with E-state index >= 15 is 0 Å². The number of benzene rings is 2. The van der Waals surface area contributed by atoms with Gasteiger partial charge in [-0.1, -0.05) is 47.7 Å². The van der Waals surface area contributed by atoms with Crippen LogP contribution < -0.4 is 16.0 Å². The number of nitrogens with one attached hydrogen (secondary N) is 3. The second-order valence-corrected chi connectivity index (χ2v) is 11.7. The summed E-state index contributed by atoms with van der Waals surface area (Å²) in [6.07, 6.45) is -1.60. The van der Waals surface area contributed by atoms with Crippen LogP contribution in [0.2, 0.25) is 0 Å². The number of anilines is 1. The lowest BCUT2D eigenvalue weighted by Gasteiger charge is -2.34. The molecule has 1 aliphatic heterocycles. The van der Waals surface area contributed by atoms with Crippen molar-refractivity contribution in [1.29, 1.82) is 0 Å². The molecule has 8 nitrogen and oxygen atoms in total. The lowest BCUT2D eigenvalue weighted by atomic mass is 9.89. The molecule has 2 aromatic carbocycles. The average molecular weight is 585 g/mol. The predicted octanol–water partition coefficient (Wildman–Crippen LogP) is 5.95. The summed E-state index contributed by atoms with van der Waals surface area (Å²) >= 11 is 1.14. The molecule has 216 valence electrons. The Morgan fingerprint density at radius 3 is 2.71 bits per heavy atom. The zero-order valence-electron chi connectivity index (χ0n) is 22.3. The zero-order chi connectivity index (χ0) is 28.4. The number of carbonyl (C=O) groups is 1. The van der Waals surface area contributed by atoms with Crippen LogP contribution in [0, 0.1) is 11.8 Å². The summed E-state index contributed by atoms with van der Waals surface area (Å²) in [5, 5.41) is 19.6. The average Bonchev–Trinajstić information content (AvgIpc) is 3.59. The van der Waals surface area contributed by atoms with Crippen molar-refractivity contribution < 1.29 is 22.7 Å². The highest BCUT2D eigenvalue weighted by Crippen LogP contribution is 2.42. The fourth-order valence-corrected chi connectivity index (χ4v) is 6.37. The molecule has 0 bridgehead atoms. The number of hydrogen-bond acceptors (Lipinski definition) is 7. The third kappa shape index (κ3) is 6.65. The molecule has 41 heavy (non-hydrogen) atoms. The van der Waals surface area contributed by atoms with Crippen LogP contribution in [0.5, 0.6) is 0 Å². The van der Waals surface area contributed by atoms with E-state index in [0.29, 0.717) is 33.1 Å². The van der Waals surface area contributed by atoms with E-state index in [9.17, 15) is 18.0 Å². The minimum Gasteiger partial charge on any atom is -0.445 e. The molecule has 2 aliphatic rings. The largest absolute Gasteiger partial charge is 0.445 e. The lowest BCUT2D eigenvalue weighted by molar-refractivity contribution is -0.139. The Hall–Kier alpha value is -3.64. The molecule has 1 saturated carbocycles. The Labute approximate surface area is 239 Å². The Bertz CT molecular complexity index is 1500. The fourth-order valence-electron chi connectivity index (χ4n) is 5.57. The predicted molar refractivity (Wildman–Crippen MR) is 151 cm³/mol. The Kier molecular flexibility index (Phi) is 7.85. The van der Waals surface area contributed by atoms with Crippen LogP contribution in [0.4, 0.5) is 23.7 Å². The van der Waals surface area contributed by atoms with Crippen LogP contribution in [0.15, 0.2) is 54.6 Å². The number of alkyl halides is 3. The van der Waals surface area contributed by atoms with Gasteiger partial charge in [0, 0.05) is 23.7 Å². The van der Waals surface area contributed by atoms with Gasteiger partial charge in [-0.15, -0.1) is 10.2 Å². The van der Waals surface area contributed by atoms with Gasteiger partial charge in [-0.2, -0.15) is 13.2 Å². The number of fused-ring (bicyclic) bond motifs is 1. The molecule has 0 spiro atoms. The first-order valence-electron chi connectivity index (χ1n) is 13.8. The molecule has 6 rings (SSSR count). The molecule has 0 radical (unpaired) electrons. The van der Waals surface area contributed by atoms with Crippen LogP contribution in [0.1, 0.15) is 29.8 Å². The van der Waals surface area contributed by atoms with E-state index in [1.54, 1.807) is 18.2 Å². The standard InChI is InChI=1S/C29H31F3N6O2S/c30-29(31,32)17-38-24-8-4-7-22(35-23-11-12-33-14-21(23)19-9-10-19)20(24)13-25(38)27-37-36-26(41-27)15-34-28(39)40-16-18-5-2-1-3-6-18/h1-8,13,19,21,23,33,35H,9-12,14-17H2,(H,34,39)/t21-,23-/m1/s1. The maximum atomic E-state index is 13.7. The first kappa shape index (κ1) is 27.5. The van der Waals surface area contributed by atoms with E-state index in [4.69, 9.17) is 4.74 Å². The Morgan fingerprint density at radius 2 is 1.93 bits per heavy atom. The number of amides is 1. The summed E-state index contributed by atoms with van der Waals surface area (Å²) in [6, 6.07) is 16.8. The Morgan fingerprint density at radius 1 is 1.10 bits per heavy atom. The smallest absolute Gasteiger partial charge is 0.407 e. The number of nitrogens with zero attached hydrogens (tertiary/aromatic N) is 3. The van der Waals surface area contributed by atoms with Gasteiger partial charge in [-0.05, 0) is 61.4 Å². The van der Waals surface area contributed by atoms with Crippen molar-refractivity contribution in [2.45, 2.75) is 51.2 Å². The summed E-state index contributed by atoms with van der Waals surface area (Å²) < 4.78 is 47.7. The van der Waals surface area contributed by atoms with Gasteiger partial charge in [0.05, 0.1) is 17.8 Å². The van der Waals surface area contributed by atoms with Gasteiger partial charge in [0.15, 0.2) is 5.01 Å². The minimum absolute atomic E-state index is 0.0515. The summed E-state index contributed by atoms with van der Waals surface area (Å²) in [5.41, 5.74) is 2.51. The van der Waals surface area contributed by atoms with Crippen LogP contribution >= 0.6 is 11.3 Å². The molecular formula is C29H31F3N6O2S. The molecule has 4 aromatic rings. The molecule has 2 fully saturated rings. The summed E-state index contributed by atoms with van der Waals surface area (Å²) in [4.78, 5) is 12.1. The topological polar surface area (TPSA) is 93.1 Å². The number of rotatable bonds is 9. The van der Waals surface area contributed by atoms with Crippen molar-refractivity contribution >= 4 is 34.0 Å². The summed E-state index contributed by atoms with van der Waals surface area (Å²) in [5.74, 6) is 1.21. The zero-order valence-corrected chi connectivity index (χ0v) is 23.1. The van der Waals surface area contributed by atoms with Crippen LogP contribution in [0.3, 0.4) is 0 Å². The Balaban J connectivity index is 1.22. The quantitative estimate of drug-likeness (QED) is 0.225. The number of ether oxygens (including phenoxy) is 1. The maximum Gasteiger partial charge on any atom is 0.407 e. The van der Waals surface area contributed by atoms with Crippen molar-refractivity contribution in [2.24, 2.45) is 11.8 Å². The van der Waals surface area contributed by atoms with Crippen molar-refractivity contribution in [3.8, 4) is 10.7 Å². The molecule has 1 aliphatic carbocycles. The number of halogens is 3. The molecule has 3 heterocycles. The lowest BCUT2D eigenvalue weighted by Crippen LogP contribution is -2.44. The SMILES string of the molecule is O=C(NCc1nnc(-c2cc3c(N[C@@H]4CCNC[C@@H]4C4CC4)cccc3n2CC(F)(F)F)s1)OCc1ccccc1. The van der Waals surface area contributed by atoms with Gasteiger partial charge in [-0.25, -0.2) is 4.79 Å². The van der Waals surface area contributed by atoms with Crippen LogP contribution in [-0.2, 0) is 24.4 Å². The highest BCUT2D eigenvalue weighted by Gasteiger charge is 2.38. The van der Waals surface area contributed by atoms with Gasteiger partial charge in [-0.3, -0.25) is 0 Å². The van der Waals surface area contributed by atoms with Gasteiger partial charge in [0.2, 0.25) is 0 Å². The molecule has 2 aromatic heterocycles. The van der Waals surface area contributed by atoms with E-state index < -0.39 is 18.8 Å². The molecule has 2 atom stereocenters. The van der Waals surface area contributed by atoms with Crippen molar-refractivity contribution in [2.75, 3.05) is 18.4 Å². The highest BCUT2D eigenvalue weighted by molar-refractivity contribution is 7.14. The van der Waals surface area contributed by atoms with Gasteiger partial charge in [0.25, 0.3) is 0 Å². The number of alkyl carbamates (subject to hydrolysis) is 1. The van der Waals surface area contributed by atoms with Crippen molar-refractivity contribution in [3.63, 3.8) is 0 Å². The third-order valence-electron chi connectivity index (χ3n) is 7.66. The first-order chi connectivity index (χ1) is 19.8. The van der Waals surface area contributed by atoms with E-state index in [2.05, 4.69) is 26.1 Å². The molecule has 1 amide bonds. The van der Waals surface area contributed by atoms with Crippen LogP contribution in [-0.4, -0.2) is 46.2 Å². The maximum absolute atomic E-state index is 13.7. The monoisotopic (exact) mass is 584 g/mol. The van der Waals surface area contributed by atoms with Gasteiger partial charge < -0.3 is 25.3 Å². The van der Waals surface area contributed by atoms with E-state index in [-0.39, 0.29) is 19.2 Å². The van der Waals surface area contributed by atoms with Gasteiger partial charge >= 0.3 is 12.3 Å². The first-order valence-corrected chi connectivity index (χ1v) is 14.6. The fraction of sp³-hybridized carbons (Fsp3) is 0.414. The molecule has 0 unspecified atom stereocenters. The van der Waals surface area contributed by atoms with E-state index in [1.165, 1.54) is 17.4 Å². The molecular weight excluding hydrogens is 553 g/mol.